The van der Waals surface area contributed by atoms with Gasteiger partial charge in [-0.05, 0) is 126 Å². The summed E-state index contributed by atoms with van der Waals surface area (Å²) >= 11 is 0. The summed E-state index contributed by atoms with van der Waals surface area (Å²) in [6, 6.07) is 36.8. The molecule has 0 amide bonds. The van der Waals surface area contributed by atoms with E-state index < -0.39 is 0 Å². The first-order chi connectivity index (χ1) is 33.7. The second-order valence-electron chi connectivity index (χ2n) is 19.2. The molecule has 5 atom stereocenters. The zero-order chi connectivity index (χ0) is 45.7. The van der Waals surface area contributed by atoms with Crippen molar-refractivity contribution < 1.29 is 0 Å². The zero-order valence-corrected chi connectivity index (χ0v) is 39.5. The summed E-state index contributed by atoms with van der Waals surface area (Å²) in [5.41, 5.74) is 14.9. The summed E-state index contributed by atoms with van der Waals surface area (Å²) < 4.78 is 0. The molecule has 350 valence electrons. The second-order valence-corrected chi connectivity index (χ2v) is 19.2. The number of aromatic nitrogens is 4. The highest BCUT2D eigenvalue weighted by Crippen LogP contribution is 2.43. The molecule has 0 bridgehead atoms. The number of hydrogen-bond acceptors (Lipinski definition) is 10. The van der Waals surface area contributed by atoms with Gasteiger partial charge in [-0.25, -0.2) is 0 Å². The molecule has 6 heterocycles. The molecule has 2 aromatic carbocycles. The van der Waals surface area contributed by atoms with Crippen LogP contribution in [0.25, 0.3) is 0 Å². The number of benzene rings is 2. The van der Waals surface area contributed by atoms with Crippen LogP contribution in [0, 0.1) is 0 Å². The maximum Gasteiger partial charge on any atom is 0.0613 e. The maximum absolute atomic E-state index is 5.21. The van der Waals surface area contributed by atoms with Gasteiger partial charge in [0.05, 0.1) is 29.2 Å². The lowest BCUT2D eigenvalue weighted by atomic mass is 9.77. The lowest BCUT2D eigenvalue weighted by molar-refractivity contribution is 0.167. The van der Waals surface area contributed by atoms with E-state index in [-0.39, 0.29) is 6.04 Å². The summed E-state index contributed by atoms with van der Waals surface area (Å²) in [7, 11) is 0. The third-order valence-corrected chi connectivity index (χ3v) is 14.7. The van der Waals surface area contributed by atoms with Crippen LogP contribution in [0.5, 0.6) is 0 Å². The Hall–Kier alpha value is -5.72. The first-order valence-electron chi connectivity index (χ1n) is 25.2. The van der Waals surface area contributed by atoms with Crippen LogP contribution in [0.4, 0.5) is 0 Å². The highest BCUT2D eigenvalue weighted by molar-refractivity contribution is 5.43. The Balaban J connectivity index is 0.814. The Morgan fingerprint density at radius 2 is 1.22 bits per heavy atom. The molecule has 10 rings (SSSR count). The normalized spacial score (nSPS) is 21.2. The first-order valence-corrected chi connectivity index (χ1v) is 25.2. The Bertz CT molecular complexity index is 2600. The van der Waals surface area contributed by atoms with E-state index in [9.17, 15) is 0 Å². The average molecular weight is 905 g/mol. The van der Waals surface area contributed by atoms with Gasteiger partial charge < -0.3 is 21.3 Å². The highest BCUT2D eigenvalue weighted by atomic mass is 15.2. The fraction of sp³-hybridized carbons (Fsp3) is 0.379. The van der Waals surface area contributed by atoms with Crippen LogP contribution in [0.3, 0.4) is 0 Å². The Morgan fingerprint density at radius 1 is 0.559 bits per heavy atom. The minimum Gasteiger partial charge on any atom is -0.309 e. The van der Waals surface area contributed by atoms with E-state index >= 15 is 0 Å². The van der Waals surface area contributed by atoms with Crippen molar-refractivity contribution in [1.29, 1.82) is 0 Å². The zero-order valence-electron chi connectivity index (χ0n) is 39.5. The quantitative estimate of drug-likeness (QED) is 0.0469. The van der Waals surface area contributed by atoms with Gasteiger partial charge in [-0.15, -0.1) is 0 Å². The van der Waals surface area contributed by atoms with Gasteiger partial charge in [0.15, 0.2) is 0 Å². The number of aryl methyl sites for hydroxylation is 1. The van der Waals surface area contributed by atoms with E-state index in [1.54, 1.807) is 0 Å². The average Bonchev–Trinajstić information content (AvgIpc) is 3.40. The van der Waals surface area contributed by atoms with Crippen molar-refractivity contribution >= 4 is 0 Å². The second kappa shape index (κ2) is 23.1. The number of rotatable bonds is 19. The molecule has 0 saturated carbocycles. The SMILES string of the molecule is C(=C\CN(C[C@H]1Cc2ccccc2CN1)[C@H]1CCC(c2ccc3c(c2)CN[C@@H](CN(C/C=C/CNCc2ccccn2)[C@H]2CCCc4cccnc42)C3)c2cccnc21)/CNCc1ccncc1. The summed E-state index contributed by atoms with van der Waals surface area (Å²) in [5, 5.41) is 15.0. The summed E-state index contributed by atoms with van der Waals surface area (Å²) in [4.78, 5) is 24.2. The van der Waals surface area contributed by atoms with Gasteiger partial charge in [-0.3, -0.25) is 29.7 Å². The Kier molecular flexibility index (Phi) is 15.6. The van der Waals surface area contributed by atoms with Crippen LogP contribution in [-0.4, -0.2) is 81.1 Å². The fourth-order valence-electron chi connectivity index (χ4n) is 11.3. The van der Waals surface area contributed by atoms with Crippen molar-refractivity contribution in [3.8, 4) is 0 Å². The predicted octanol–water partition coefficient (Wildman–Crippen LogP) is 8.34. The number of nitrogens with one attached hydrogen (secondary N) is 4. The van der Waals surface area contributed by atoms with Crippen molar-refractivity contribution in [2.24, 2.45) is 0 Å². The lowest BCUT2D eigenvalue weighted by Gasteiger charge is -2.40. The van der Waals surface area contributed by atoms with Crippen LogP contribution in [-0.2, 0) is 45.4 Å². The number of nitrogens with zero attached hydrogens (tertiary/aromatic N) is 6. The molecule has 0 spiro atoms. The molecule has 10 nitrogen and oxygen atoms in total. The van der Waals surface area contributed by atoms with Gasteiger partial charge in [0.1, 0.15) is 0 Å². The minimum atomic E-state index is 0.253. The van der Waals surface area contributed by atoms with Gasteiger partial charge >= 0.3 is 0 Å². The monoisotopic (exact) mass is 905 g/mol. The number of hydrogen-bond donors (Lipinski definition) is 4. The molecule has 4 aliphatic rings. The Morgan fingerprint density at radius 3 is 2.00 bits per heavy atom. The van der Waals surface area contributed by atoms with Crippen LogP contribution < -0.4 is 21.3 Å². The van der Waals surface area contributed by atoms with E-state index in [0.29, 0.717) is 24.0 Å². The van der Waals surface area contributed by atoms with Crippen LogP contribution in [0.15, 0.2) is 152 Å². The van der Waals surface area contributed by atoms with Crippen molar-refractivity contribution in [2.75, 3.05) is 39.3 Å². The number of pyridine rings is 4. The van der Waals surface area contributed by atoms with E-state index in [4.69, 9.17) is 9.97 Å². The van der Waals surface area contributed by atoms with Gasteiger partial charge in [0.2, 0.25) is 0 Å². The highest BCUT2D eigenvalue weighted by Gasteiger charge is 2.35. The molecule has 1 unspecified atom stereocenters. The van der Waals surface area contributed by atoms with Crippen LogP contribution in [0.1, 0.15) is 105 Å². The smallest absolute Gasteiger partial charge is 0.0613 e. The largest absolute Gasteiger partial charge is 0.309 e. The topological polar surface area (TPSA) is 106 Å². The lowest BCUT2D eigenvalue weighted by Crippen LogP contribution is -2.46. The van der Waals surface area contributed by atoms with Crippen LogP contribution in [0.2, 0.25) is 0 Å². The molecule has 0 saturated heterocycles. The molecular formula is C58H68N10. The van der Waals surface area contributed by atoms with E-state index in [2.05, 4.69) is 150 Å². The molecule has 4 N–H and O–H groups in total. The van der Waals surface area contributed by atoms with Crippen LogP contribution >= 0.6 is 0 Å². The molecule has 6 aromatic rings. The molecule has 68 heavy (non-hydrogen) atoms. The van der Waals surface area contributed by atoms with Gasteiger partial charge in [-0.2, -0.15) is 0 Å². The third-order valence-electron chi connectivity index (χ3n) is 14.7. The molecule has 2 aliphatic heterocycles. The summed E-state index contributed by atoms with van der Waals surface area (Å²) in [6.07, 6.45) is 26.6. The van der Waals surface area contributed by atoms with E-state index in [1.807, 2.05) is 43.1 Å². The van der Waals surface area contributed by atoms with Crippen molar-refractivity contribution in [3.63, 3.8) is 0 Å². The fourth-order valence-corrected chi connectivity index (χ4v) is 11.3. The number of fused-ring (bicyclic) bond motifs is 4. The molecule has 0 fully saturated rings. The molecule has 10 heteroatoms. The van der Waals surface area contributed by atoms with Crippen molar-refractivity contribution in [1.82, 2.24) is 51.0 Å². The third kappa shape index (κ3) is 11.6. The molecule has 4 aromatic heterocycles. The van der Waals surface area contributed by atoms with E-state index in [0.717, 1.165) is 110 Å². The summed E-state index contributed by atoms with van der Waals surface area (Å²) in [6.45, 7) is 8.80. The molecular weight excluding hydrogens is 837 g/mol. The van der Waals surface area contributed by atoms with Gasteiger partial charge in [-0.1, -0.05) is 85.0 Å². The predicted molar refractivity (Wildman–Crippen MR) is 273 cm³/mol. The summed E-state index contributed by atoms with van der Waals surface area (Å²) in [5.74, 6) is 0.326. The van der Waals surface area contributed by atoms with Gasteiger partial charge in [0.25, 0.3) is 0 Å². The Labute approximate surface area is 403 Å². The van der Waals surface area contributed by atoms with Gasteiger partial charge in [0, 0.05) is 114 Å². The minimum absolute atomic E-state index is 0.253. The molecule has 2 aliphatic carbocycles. The van der Waals surface area contributed by atoms with Crippen molar-refractivity contribution in [2.45, 2.75) is 101 Å². The maximum atomic E-state index is 5.21. The van der Waals surface area contributed by atoms with Crippen molar-refractivity contribution in [3.05, 3.63) is 214 Å². The molecule has 0 radical (unpaired) electrons. The standard InChI is InChI=1S/C58H68N10/c1-2-13-48-38-65-51(35-45(48)12-1)42-68(33-7-5-25-60-37-43-23-30-59-31-24-43)56-22-21-53(54-17-11-29-64-58(54)56)47-20-19-46-36-52(66-39-49(46)34-47)41-67(55-18-9-14-44-15-10-28-63-57(44)55)32-8-6-26-61-40-50-16-3-4-27-62-50/h1-8,10-13,15-17,19-20,23-24,27-31,34,51-53,55-56,60-61,65-66H,9,14,18,21-22,25-26,32-33,35-42H2/b7-5+,8-6+/t51-,52-,53?,55+,56+/m1/s1. The van der Waals surface area contributed by atoms with E-state index in [1.165, 1.54) is 62.3 Å². The first kappa shape index (κ1) is 46.0.